The van der Waals surface area contributed by atoms with Gasteiger partial charge in [0.2, 0.25) is 5.41 Å². The SMILES string of the molecule is O=C(O)C1C(C(=O)O)(C(=O)O)CC(C(=O)O)(C(=O)O)C1(C(=O)O)C(=O)O. The van der Waals surface area contributed by atoms with Crippen molar-refractivity contribution in [2.24, 2.45) is 22.2 Å². The normalized spacial score (nSPS) is 22.1. The number of aliphatic carboxylic acids is 7. The molecule has 1 saturated carbocycles. The lowest BCUT2D eigenvalue weighted by molar-refractivity contribution is -0.198. The van der Waals surface area contributed by atoms with E-state index in [0.29, 0.717) is 0 Å². The molecule has 0 saturated heterocycles. The number of hydrogen-bond donors (Lipinski definition) is 7. The highest BCUT2D eigenvalue weighted by atomic mass is 16.4. The third-order valence-electron chi connectivity index (χ3n) is 4.56. The summed E-state index contributed by atoms with van der Waals surface area (Å²) in [5.41, 5.74) is -12.3. The lowest BCUT2D eigenvalue weighted by Gasteiger charge is -2.35. The van der Waals surface area contributed by atoms with Gasteiger partial charge in [0.05, 0.1) is 0 Å². The van der Waals surface area contributed by atoms with Gasteiger partial charge in [-0.05, 0) is 0 Å². The molecular formula is C12H10O14. The van der Waals surface area contributed by atoms with E-state index in [2.05, 4.69) is 0 Å². The zero-order valence-electron chi connectivity index (χ0n) is 12.3. The molecule has 0 amide bonds. The first-order chi connectivity index (χ1) is 11.7. The van der Waals surface area contributed by atoms with Crippen LogP contribution in [0.4, 0.5) is 0 Å². The third kappa shape index (κ3) is 1.88. The molecule has 7 N–H and O–H groups in total. The summed E-state index contributed by atoms with van der Waals surface area (Å²) in [5, 5.41) is 64.9. The number of carboxylic acid groups (broad SMARTS) is 7. The van der Waals surface area contributed by atoms with Gasteiger partial charge in [-0.25, -0.2) is 0 Å². The first-order valence-corrected chi connectivity index (χ1v) is 6.32. The summed E-state index contributed by atoms with van der Waals surface area (Å²) in [5.74, 6) is -22.4. The van der Waals surface area contributed by atoms with Crippen molar-refractivity contribution in [3.8, 4) is 0 Å². The van der Waals surface area contributed by atoms with Crippen LogP contribution in [0, 0.1) is 22.2 Å². The van der Waals surface area contributed by atoms with E-state index in [4.69, 9.17) is 0 Å². The number of rotatable bonds is 7. The van der Waals surface area contributed by atoms with Crippen molar-refractivity contribution < 1.29 is 69.3 Å². The fraction of sp³-hybridized carbons (Fsp3) is 0.417. The summed E-state index contributed by atoms with van der Waals surface area (Å²) < 4.78 is 0. The molecule has 26 heavy (non-hydrogen) atoms. The topological polar surface area (TPSA) is 261 Å². The fourth-order valence-corrected chi connectivity index (χ4v) is 3.44. The monoisotopic (exact) mass is 378 g/mol. The molecule has 0 heterocycles. The van der Waals surface area contributed by atoms with Crippen molar-refractivity contribution in [3.63, 3.8) is 0 Å². The predicted octanol–water partition coefficient (Wildman–Crippen LogP) is -2.44. The zero-order chi connectivity index (χ0) is 20.8. The second-order valence-electron chi connectivity index (χ2n) is 5.46. The minimum Gasteiger partial charge on any atom is -0.481 e. The van der Waals surface area contributed by atoms with Crippen molar-refractivity contribution in [1.82, 2.24) is 0 Å². The molecule has 0 bridgehead atoms. The van der Waals surface area contributed by atoms with E-state index >= 15 is 0 Å². The fourth-order valence-electron chi connectivity index (χ4n) is 3.44. The molecule has 1 aliphatic carbocycles. The molecule has 0 aromatic heterocycles. The van der Waals surface area contributed by atoms with Crippen LogP contribution in [0.2, 0.25) is 0 Å². The van der Waals surface area contributed by atoms with Crippen LogP contribution >= 0.6 is 0 Å². The second kappa shape index (κ2) is 5.68. The summed E-state index contributed by atoms with van der Waals surface area (Å²) in [4.78, 5) is 81.2. The first kappa shape index (κ1) is 20.3. The Morgan fingerprint density at radius 1 is 0.577 bits per heavy atom. The Kier molecular flexibility index (Phi) is 4.44. The second-order valence-corrected chi connectivity index (χ2v) is 5.46. The van der Waals surface area contributed by atoms with Gasteiger partial charge >= 0.3 is 41.8 Å². The van der Waals surface area contributed by atoms with E-state index in [1.807, 2.05) is 0 Å². The molecule has 0 radical (unpaired) electrons. The standard InChI is InChI=1S/C12H10O14/c13-3(14)2-10(4(15)16,5(17)18)1-11(6(19)20,7(21)22)12(2,8(23)24)9(25)26/h2H,1H2,(H,13,14)(H,15,16)(H,17,18)(H,19,20)(H,21,22)(H,23,24)(H,25,26). The van der Waals surface area contributed by atoms with Gasteiger partial charge in [-0.3, -0.25) is 33.6 Å². The van der Waals surface area contributed by atoms with Crippen molar-refractivity contribution in [2.75, 3.05) is 0 Å². The van der Waals surface area contributed by atoms with E-state index in [9.17, 15) is 69.3 Å². The third-order valence-corrected chi connectivity index (χ3v) is 4.56. The van der Waals surface area contributed by atoms with Gasteiger partial charge in [0, 0.05) is 6.42 Å². The van der Waals surface area contributed by atoms with Crippen LogP contribution in [0.15, 0.2) is 0 Å². The van der Waals surface area contributed by atoms with Gasteiger partial charge in [-0.15, -0.1) is 0 Å². The van der Waals surface area contributed by atoms with E-state index in [-0.39, 0.29) is 0 Å². The van der Waals surface area contributed by atoms with Crippen LogP contribution in [0.25, 0.3) is 0 Å². The minimum atomic E-state index is -4.34. The zero-order valence-corrected chi connectivity index (χ0v) is 12.3. The van der Waals surface area contributed by atoms with Gasteiger partial charge < -0.3 is 35.7 Å². The highest BCUT2D eigenvalue weighted by molar-refractivity contribution is 6.20. The lowest BCUT2D eigenvalue weighted by atomic mass is 9.61. The molecule has 1 fully saturated rings. The van der Waals surface area contributed by atoms with E-state index in [1.165, 1.54) is 0 Å². The summed E-state index contributed by atoms with van der Waals surface area (Å²) in [6, 6.07) is 0. The number of carboxylic acids is 7. The van der Waals surface area contributed by atoms with Gasteiger partial charge in [0.15, 0.2) is 10.8 Å². The summed E-state index contributed by atoms with van der Waals surface area (Å²) in [7, 11) is 0. The van der Waals surface area contributed by atoms with Crippen LogP contribution in [0.3, 0.4) is 0 Å². The largest absolute Gasteiger partial charge is 0.481 e. The Bertz CT molecular complexity index is 718. The van der Waals surface area contributed by atoms with Gasteiger partial charge in [-0.1, -0.05) is 0 Å². The summed E-state index contributed by atoms with van der Waals surface area (Å²) >= 11 is 0. The van der Waals surface area contributed by atoms with Crippen LogP contribution < -0.4 is 0 Å². The predicted molar refractivity (Wildman–Crippen MR) is 68.9 cm³/mol. The molecule has 1 unspecified atom stereocenters. The Hall–Kier alpha value is -3.71. The molecule has 1 atom stereocenters. The van der Waals surface area contributed by atoms with Crippen LogP contribution in [-0.4, -0.2) is 77.5 Å². The molecule has 14 nitrogen and oxygen atoms in total. The van der Waals surface area contributed by atoms with Crippen molar-refractivity contribution >= 4 is 41.8 Å². The average Bonchev–Trinajstić information content (AvgIpc) is 2.78. The molecule has 0 aromatic carbocycles. The van der Waals surface area contributed by atoms with Crippen LogP contribution in [0.1, 0.15) is 6.42 Å². The average molecular weight is 378 g/mol. The van der Waals surface area contributed by atoms with Gasteiger partial charge in [-0.2, -0.15) is 0 Å². The minimum absolute atomic E-state index is 2.13. The Labute approximate surface area is 140 Å². The number of carbonyl (C=O) groups is 7. The van der Waals surface area contributed by atoms with Crippen molar-refractivity contribution in [3.05, 3.63) is 0 Å². The highest BCUT2D eigenvalue weighted by Crippen LogP contribution is 2.65. The quantitative estimate of drug-likeness (QED) is 0.227. The highest BCUT2D eigenvalue weighted by Gasteiger charge is 2.89. The summed E-state index contributed by atoms with van der Waals surface area (Å²) in [6.07, 6.45) is -2.13. The van der Waals surface area contributed by atoms with Gasteiger partial charge in [0.1, 0.15) is 5.92 Å². The number of hydrogen-bond acceptors (Lipinski definition) is 7. The molecule has 1 rings (SSSR count). The maximum Gasteiger partial charge on any atom is 0.323 e. The summed E-state index contributed by atoms with van der Waals surface area (Å²) in [6.45, 7) is 0. The Morgan fingerprint density at radius 3 is 1.12 bits per heavy atom. The Balaban J connectivity index is 4.35. The lowest BCUT2D eigenvalue weighted by Crippen LogP contribution is -2.62. The van der Waals surface area contributed by atoms with Crippen molar-refractivity contribution in [1.29, 1.82) is 0 Å². The maximum absolute atomic E-state index is 11.7. The Morgan fingerprint density at radius 2 is 0.923 bits per heavy atom. The molecule has 0 spiro atoms. The van der Waals surface area contributed by atoms with Gasteiger partial charge in [0.25, 0.3) is 0 Å². The van der Waals surface area contributed by atoms with E-state index in [1.54, 1.807) is 0 Å². The van der Waals surface area contributed by atoms with E-state index < -0.39 is 70.4 Å². The molecule has 14 heteroatoms. The van der Waals surface area contributed by atoms with Crippen molar-refractivity contribution in [2.45, 2.75) is 6.42 Å². The molecule has 142 valence electrons. The van der Waals surface area contributed by atoms with Crippen LogP contribution in [-0.2, 0) is 33.6 Å². The maximum atomic E-state index is 11.7. The van der Waals surface area contributed by atoms with Crippen LogP contribution in [0.5, 0.6) is 0 Å². The van der Waals surface area contributed by atoms with E-state index in [0.717, 1.165) is 0 Å². The molecule has 0 aromatic rings. The molecular weight excluding hydrogens is 368 g/mol. The molecule has 1 aliphatic rings. The molecule has 0 aliphatic heterocycles. The smallest absolute Gasteiger partial charge is 0.323 e. The first-order valence-electron chi connectivity index (χ1n) is 6.32.